The Kier molecular flexibility index (Phi) is 2.51. The first-order valence-electron chi connectivity index (χ1n) is 4.33. The lowest BCUT2D eigenvalue weighted by molar-refractivity contribution is -0.286. The third-order valence-corrected chi connectivity index (χ3v) is 3.24. The summed E-state index contributed by atoms with van der Waals surface area (Å²) in [7, 11) is -2.52. The van der Waals surface area contributed by atoms with E-state index >= 15 is 0 Å². The summed E-state index contributed by atoms with van der Waals surface area (Å²) >= 11 is 0. The molecular formula is C11H9O2P-2. The maximum Gasteiger partial charge on any atom is -0.0129 e. The minimum absolute atomic E-state index is 0.443. The fourth-order valence-electron chi connectivity index (χ4n) is 1.61. The molecule has 0 saturated heterocycles. The molecule has 2 aromatic rings. The highest BCUT2D eigenvalue weighted by Crippen LogP contribution is 2.23. The summed E-state index contributed by atoms with van der Waals surface area (Å²) in [4.78, 5) is 22.1. The van der Waals surface area contributed by atoms with Gasteiger partial charge in [0.15, 0.2) is 0 Å². The molecule has 0 bridgehead atoms. The van der Waals surface area contributed by atoms with Gasteiger partial charge in [-0.25, -0.2) is 0 Å². The van der Waals surface area contributed by atoms with E-state index in [4.69, 9.17) is 0 Å². The first kappa shape index (κ1) is 9.60. The van der Waals surface area contributed by atoms with Crippen molar-refractivity contribution in [2.75, 3.05) is 0 Å². The minimum atomic E-state index is -2.52. The molecule has 0 N–H and O–H groups in total. The Morgan fingerprint density at radius 1 is 1.00 bits per heavy atom. The van der Waals surface area contributed by atoms with Crippen molar-refractivity contribution >= 4 is 24.5 Å². The van der Waals surface area contributed by atoms with Crippen molar-refractivity contribution in [2.45, 2.75) is 6.92 Å². The van der Waals surface area contributed by atoms with Crippen LogP contribution in [0.25, 0.3) is 10.8 Å². The van der Waals surface area contributed by atoms with Gasteiger partial charge in [0.1, 0.15) is 0 Å². The van der Waals surface area contributed by atoms with Gasteiger partial charge in [0.25, 0.3) is 0 Å². The van der Waals surface area contributed by atoms with Gasteiger partial charge in [-0.05, 0) is 28.6 Å². The SMILES string of the molecule is Cc1ccc2ccccc2c1P([O-])[O-]. The number of hydrogen-bond donors (Lipinski definition) is 0. The Hall–Kier alpha value is -0.950. The molecule has 0 heterocycles. The quantitative estimate of drug-likeness (QED) is 0.645. The first-order valence-corrected chi connectivity index (χ1v) is 5.50. The van der Waals surface area contributed by atoms with E-state index in [1.54, 1.807) is 0 Å². The van der Waals surface area contributed by atoms with Crippen LogP contribution in [-0.2, 0) is 0 Å². The molecule has 0 atom stereocenters. The first-order chi connectivity index (χ1) is 6.70. The van der Waals surface area contributed by atoms with Crippen LogP contribution in [-0.4, -0.2) is 0 Å². The van der Waals surface area contributed by atoms with Crippen LogP contribution in [0.15, 0.2) is 36.4 Å². The predicted molar refractivity (Wildman–Crippen MR) is 55.2 cm³/mol. The second-order valence-electron chi connectivity index (χ2n) is 3.21. The average molecular weight is 204 g/mol. The van der Waals surface area contributed by atoms with Gasteiger partial charge >= 0.3 is 0 Å². The molecule has 3 heteroatoms. The Morgan fingerprint density at radius 3 is 2.43 bits per heavy atom. The number of hydrogen-bond acceptors (Lipinski definition) is 2. The molecule has 2 nitrogen and oxygen atoms in total. The van der Waals surface area contributed by atoms with Crippen molar-refractivity contribution in [1.82, 2.24) is 0 Å². The van der Waals surface area contributed by atoms with Crippen LogP contribution in [0.3, 0.4) is 0 Å². The summed E-state index contributed by atoms with van der Waals surface area (Å²) < 4.78 is 0. The fourth-order valence-corrected chi connectivity index (χ4v) is 2.37. The summed E-state index contributed by atoms with van der Waals surface area (Å²) in [6, 6.07) is 11.3. The van der Waals surface area contributed by atoms with Gasteiger partial charge in [0.05, 0.1) is 0 Å². The van der Waals surface area contributed by atoms with Gasteiger partial charge in [0.2, 0.25) is 0 Å². The smallest absolute Gasteiger partial charge is 0.0129 e. The van der Waals surface area contributed by atoms with E-state index in [2.05, 4.69) is 0 Å². The Balaban J connectivity index is 2.83. The lowest BCUT2D eigenvalue weighted by Crippen LogP contribution is -2.22. The van der Waals surface area contributed by atoms with E-state index in [1.807, 2.05) is 43.3 Å². The normalized spacial score (nSPS) is 11.1. The van der Waals surface area contributed by atoms with Gasteiger partial charge in [-0.1, -0.05) is 36.4 Å². The zero-order valence-electron chi connectivity index (χ0n) is 7.73. The van der Waals surface area contributed by atoms with E-state index in [1.165, 1.54) is 0 Å². The zero-order chi connectivity index (χ0) is 10.1. The van der Waals surface area contributed by atoms with Gasteiger partial charge in [-0.2, -0.15) is 0 Å². The lowest BCUT2D eigenvalue weighted by atomic mass is 10.1. The topological polar surface area (TPSA) is 46.1 Å². The van der Waals surface area contributed by atoms with Crippen LogP contribution in [0.4, 0.5) is 0 Å². The van der Waals surface area contributed by atoms with E-state index in [-0.39, 0.29) is 0 Å². The maximum absolute atomic E-state index is 11.1. The van der Waals surface area contributed by atoms with E-state index in [0.29, 0.717) is 5.30 Å². The summed E-state index contributed by atoms with van der Waals surface area (Å²) in [6.07, 6.45) is 0. The van der Waals surface area contributed by atoms with Crippen LogP contribution >= 0.6 is 8.38 Å². The van der Waals surface area contributed by atoms with Gasteiger partial charge in [0, 0.05) is 0 Å². The molecule has 2 aromatic carbocycles. The van der Waals surface area contributed by atoms with Crippen LogP contribution in [0.5, 0.6) is 0 Å². The van der Waals surface area contributed by atoms with Crippen LogP contribution in [0, 0.1) is 6.92 Å². The molecule has 0 radical (unpaired) electrons. The largest absolute Gasteiger partial charge is 0.838 e. The van der Waals surface area contributed by atoms with Crippen molar-refractivity contribution in [3.63, 3.8) is 0 Å². The summed E-state index contributed by atoms with van der Waals surface area (Å²) in [5, 5.41) is 2.22. The molecule has 0 fully saturated rings. The van der Waals surface area contributed by atoms with Crippen molar-refractivity contribution in [3.05, 3.63) is 42.0 Å². The van der Waals surface area contributed by atoms with Crippen LogP contribution in [0.1, 0.15) is 5.56 Å². The Bertz CT molecular complexity index is 466. The van der Waals surface area contributed by atoms with E-state index in [0.717, 1.165) is 16.3 Å². The Labute approximate surface area is 83.7 Å². The fraction of sp³-hybridized carbons (Fsp3) is 0.0909. The molecule has 0 aliphatic carbocycles. The van der Waals surface area contributed by atoms with E-state index in [9.17, 15) is 9.79 Å². The van der Waals surface area contributed by atoms with E-state index < -0.39 is 8.38 Å². The molecule has 2 rings (SSSR count). The molecule has 0 aromatic heterocycles. The molecule has 0 saturated carbocycles. The molecule has 72 valence electrons. The molecule has 0 unspecified atom stereocenters. The second-order valence-corrected chi connectivity index (χ2v) is 4.17. The summed E-state index contributed by atoms with van der Waals surface area (Å²) in [6.45, 7) is 1.81. The third kappa shape index (κ3) is 1.53. The highest BCUT2D eigenvalue weighted by molar-refractivity contribution is 7.52. The monoisotopic (exact) mass is 204 g/mol. The summed E-state index contributed by atoms with van der Waals surface area (Å²) in [5.41, 5.74) is 0.805. The number of rotatable bonds is 1. The third-order valence-electron chi connectivity index (χ3n) is 2.28. The highest BCUT2D eigenvalue weighted by Gasteiger charge is 2.00. The molecule has 0 spiro atoms. The Morgan fingerprint density at radius 2 is 1.71 bits per heavy atom. The molecule has 14 heavy (non-hydrogen) atoms. The minimum Gasteiger partial charge on any atom is -0.838 e. The predicted octanol–water partition coefficient (Wildman–Crippen LogP) is 0.806. The van der Waals surface area contributed by atoms with Crippen molar-refractivity contribution < 1.29 is 9.79 Å². The van der Waals surface area contributed by atoms with Crippen molar-refractivity contribution in [1.29, 1.82) is 0 Å². The number of fused-ring (bicyclic) bond motifs is 1. The molecular weight excluding hydrogens is 195 g/mol. The molecule has 0 aliphatic heterocycles. The maximum atomic E-state index is 11.1. The number of aryl methyl sites for hydroxylation is 1. The summed E-state index contributed by atoms with van der Waals surface area (Å²) in [5.74, 6) is 0. The lowest BCUT2D eigenvalue weighted by Gasteiger charge is -2.34. The van der Waals surface area contributed by atoms with Gasteiger partial charge in [-0.15, -0.1) is 0 Å². The van der Waals surface area contributed by atoms with Crippen molar-refractivity contribution in [2.24, 2.45) is 0 Å². The molecule has 0 amide bonds. The van der Waals surface area contributed by atoms with Gasteiger partial charge < -0.3 is 9.79 Å². The molecule has 0 aliphatic rings. The van der Waals surface area contributed by atoms with Gasteiger partial charge in [-0.3, -0.25) is 8.38 Å². The second kappa shape index (κ2) is 3.66. The van der Waals surface area contributed by atoms with Crippen molar-refractivity contribution in [3.8, 4) is 0 Å². The van der Waals surface area contributed by atoms with Crippen LogP contribution < -0.4 is 15.1 Å². The zero-order valence-corrected chi connectivity index (χ0v) is 8.62. The number of benzene rings is 2. The highest BCUT2D eigenvalue weighted by atomic mass is 31.2. The standard InChI is InChI=1S/C11H9O2P/c1-8-6-7-9-4-2-3-5-10(9)11(8)14(12)13/h2-7H,1H3/q-2. The van der Waals surface area contributed by atoms with Crippen LogP contribution in [0.2, 0.25) is 0 Å². The average Bonchev–Trinajstić information content (AvgIpc) is 2.17.